The van der Waals surface area contributed by atoms with Gasteiger partial charge in [0.2, 0.25) is 5.91 Å². The molecule has 1 aliphatic rings. The fraction of sp³-hybridized carbons (Fsp3) is 0.833. The number of hydrogen-bond donors (Lipinski definition) is 1. The molecule has 1 fully saturated rings. The molecule has 1 saturated heterocycles. The average Bonchev–Trinajstić information content (AvgIpc) is 2.30. The summed E-state index contributed by atoms with van der Waals surface area (Å²) >= 11 is 0. The van der Waals surface area contributed by atoms with Gasteiger partial charge < -0.3 is 14.8 Å². The number of esters is 1. The van der Waals surface area contributed by atoms with E-state index in [1.54, 1.807) is 6.92 Å². The van der Waals surface area contributed by atoms with Crippen LogP contribution in [0.1, 0.15) is 39.0 Å². The molecule has 1 heterocycles. The van der Waals surface area contributed by atoms with E-state index in [-0.39, 0.29) is 24.4 Å². The molecule has 0 bridgehead atoms. The summed E-state index contributed by atoms with van der Waals surface area (Å²) in [6, 6.07) is 0. The Morgan fingerprint density at radius 1 is 1.41 bits per heavy atom. The maximum Gasteiger partial charge on any atom is 0.307 e. The highest BCUT2D eigenvalue weighted by atomic mass is 16.5. The van der Waals surface area contributed by atoms with Gasteiger partial charge in [0.15, 0.2) is 0 Å². The normalized spacial score (nSPS) is 19.7. The van der Waals surface area contributed by atoms with Crippen LogP contribution in [0.5, 0.6) is 0 Å². The van der Waals surface area contributed by atoms with Crippen molar-refractivity contribution in [3.05, 3.63) is 0 Å². The molecule has 5 nitrogen and oxygen atoms in total. The van der Waals surface area contributed by atoms with E-state index in [4.69, 9.17) is 9.47 Å². The topological polar surface area (TPSA) is 64.6 Å². The number of nitrogens with one attached hydrogen (secondary N) is 1. The highest BCUT2D eigenvalue weighted by Gasteiger charge is 2.17. The molecule has 1 unspecified atom stereocenters. The first kappa shape index (κ1) is 14.0. The Labute approximate surface area is 102 Å². The molecule has 0 aromatic carbocycles. The van der Waals surface area contributed by atoms with Crippen LogP contribution >= 0.6 is 0 Å². The van der Waals surface area contributed by atoms with Crippen LogP contribution in [0.25, 0.3) is 0 Å². The van der Waals surface area contributed by atoms with Gasteiger partial charge in [0.05, 0.1) is 25.6 Å². The van der Waals surface area contributed by atoms with Crippen LogP contribution in [0.4, 0.5) is 0 Å². The molecule has 1 rings (SSSR count). The summed E-state index contributed by atoms with van der Waals surface area (Å²) < 4.78 is 10.2. The molecule has 17 heavy (non-hydrogen) atoms. The minimum atomic E-state index is -0.276. The van der Waals surface area contributed by atoms with Gasteiger partial charge in [0, 0.05) is 13.2 Å². The van der Waals surface area contributed by atoms with Crippen molar-refractivity contribution in [1.29, 1.82) is 0 Å². The van der Waals surface area contributed by atoms with E-state index in [1.165, 1.54) is 0 Å². The van der Waals surface area contributed by atoms with Crippen molar-refractivity contribution in [1.82, 2.24) is 5.32 Å². The van der Waals surface area contributed by atoms with Crippen molar-refractivity contribution in [3.8, 4) is 0 Å². The van der Waals surface area contributed by atoms with Crippen molar-refractivity contribution >= 4 is 11.9 Å². The number of amides is 1. The van der Waals surface area contributed by atoms with E-state index < -0.39 is 0 Å². The molecule has 0 aliphatic carbocycles. The van der Waals surface area contributed by atoms with E-state index in [1.807, 2.05) is 0 Å². The molecule has 0 saturated carbocycles. The maximum absolute atomic E-state index is 11.5. The zero-order valence-corrected chi connectivity index (χ0v) is 10.4. The van der Waals surface area contributed by atoms with E-state index in [0.717, 1.165) is 25.9 Å². The minimum absolute atomic E-state index is 0.0475. The number of ether oxygens (including phenoxy) is 2. The van der Waals surface area contributed by atoms with Crippen molar-refractivity contribution in [2.24, 2.45) is 0 Å². The predicted molar refractivity (Wildman–Crippen MR) is 62.5 cm³/mol. The Morgan fingerprint density at radius 2 is 2.24 bits per heavy atom. The van der Waals surface area contributed by atoms with Gasteiger partial charge in [-0.1, -0.05) is 0 Å². The molecule has 5 heteroatoms. The lowest BCUT2D eigenvalue weighted by atomic mass is 10.1. The van der Waals surface area contributed by atoms with E-state index in [0.29, 0.717) is 19.6 Å². The van der Waals surface area contributed by atoms with Crippen molar-refractivity contribution in [2.45, 2.75) is 45.1 Å². The van der Waals surface area contributed by atoms with Crippen molar-refractivity contribution < 1.29 is 19.1 Å². The van der Waals surface area contributed by atoms with Crippen molar-refractivity contribution in [3.63, 3.8) is 0 Å². The molecule has 0 spiro atoms. The highest BCUT2D eigenvalue weighted by Crippen LogP contribution is 2.15. The second-order valence-electron chi connectivity index (χ2n) is 4.10. The number of carbonyl (C=O) groups is 2. The Morgan fingerprint density at radius 3 is 2.88 bits per heavy atom. The standard InChI is InChI=1S/C12H21NO4/c1-2-16-12(15)6-7-13-11(14)9-10-5-3-4-8-17-10/h10H,2-9H2,1H3,(H,13,14). The maximum atomic E-state index is 11.5. The Balaban J connectivity index is 2.06. The van der Waals surface area contributed by atoms with Crippen LogP contribution in [0.15, 0.2) is 0 Å². The van der Waals surface area contributed by atoms with Gasteiger partial charge in [-0.2, -0.15) is 0 Å². The fourth-order valence-electron chi connectivity index (χ4n) is 1.78. The second kappa shape index (κ2) is 8.06. The summed E-state index contributed by atoms with van der Waals surface area (Å²) in [6.07, 6.45) is 3.83. The highest BCUT2D eigenvalue weighted by molar-refractivity contribution is 5.77. The molecular formula is C12H21NO4. The van der Waals surface area contributed by atoms with Gasteiger partial charge in [-0.25, -0.2) is 0 Å². The predicted octanol–water partition coefficient (Wildman–Crippen LogP) is 1.01. The SMILES string of the molecule is CCOC(=O)CCNC(=O)CC1CCCCO1. The van der Waals surface area contributed by atoms with Gasteiger partial charge in [0.25, 0.3) is 0 Å². The molecular weight excluding hydrogens is 222 g/mol. The van der Waals surface area contributed by atoms with E-state index >= 15 is 0 Å². The summed E-state index contributed by atoms with van der Waals surface area (Å²) in [5.74, 6) is -0.331. The van der Waals surface area contributed by atoms with Gasteiger partial charge in [-0.05, 0) is 26.2 Å². The van der Waals surface area contributed by atoms with E-state index in [2.05, 4.69) is 5.32 Å². The third kappa shape index (κ3) is 6.26. The lowest BCUT2D eigenvalue weighted by Gasteiger charge is -2.21. The van der Waals surface area contributed by atoms with Crippen LogP contribution < -0.4 is 5.32 Å². The number of hydrogen-bond acceptors (Lipinski definition) is 4. The quantitative estimate of drug-likeness (QED) is 0.707. The first-order chi connectivity index (χ1) is 8.22. The molecule has 1 atom stereocenters. The van der Waals surface area contributed by atoms with Gasteiger partial charge in [-0.15, -0.1) is 0 Å². The number of carbonyl (C=O) groups excluding carboxylic acids is 2. The van der Waals surface area contributed by atoms with Gasteiger partial charge in [0.1, 0.15) is 0 Å². The Hall–Kier alpha value is -1.10. The Bertz CT molecular complexity index is 249. The largest absolute Gasteiger partial charge is 0.466 e. The summed E-state index contributed by atoms with van der Waals surface area (Å²) in [4.78, 5) is 22.5. The minimum Gasteiger partial charge on any atom is -0.466 e. The van der Waals surface area contributed by atoms with Crippen LogP contribution in [0.2, 0.25) is 0 Å². The lowest BCUT2D eigenvalue weighted by molar-refractivity contribution is -0.143. The summed E-state index contributed by atoms with van der Waals surface area (Å²) in [7, 11) is 0. The zero-order chi connectivity index (χ0) is 12.5. The molecule has 98 valence electrons. The fourth-order valence-corrected chi connectivity index (χ4v) is 1.78. The molecule has 0 aromatic heterocycles. The molecule has 0 aromatic rings. The second-order valence-corrected chi connectivity index (χ2v) is 4.10. The zero-order valence-electron chi connectivity index (χ0n) is 10.4. The lowest BCUT2D eigenvalue weighted by Crippen LogP contribution is -2.31. The van der Waals surface area contributed by atoms with Crippen LogP contribution in [-0.2, 0) is 19.1 Å². The third-order valence-corrected chi connectivity index (χ3v) is 2.64. The smallest absolute Gasteiger partial charge is 0.307 e. The first-order valence-corrected chi connectivity index (χ1v) is 6.26. The van der Waals surface area contributed by atoms with Crippen LogP contribution in [0.3, 0.4) is 0 Å². The molecule has 0 radical (unpaired) electrons. The van der Waals surface area contributed by atoms with Gasteiger partial charge >= 0.3 is 5.97 Å². The first-order valence-electron chi connectivity index (χ1n) is 6.26. The average molecular weight is 243 g/mol. The molecule has 1 amide bonds. The summed E-state index contributed by atoms with van der Waals surface area (Å²) in [5, 5.41) is 2.70. The summed E-state index contributed by atoms with van der Waals surface area (Å²) in [6.45, 7) is 3.23. The third-order valence-electron chi connectivity index (χ3n) is 2.64. The van der Waals surface area contributed by atoms with Gasteiger partial charge in [-0.3, -0.25) is 9.59 Å². The van der Waals surface area contributed by atoms with E-state index in [9.17, 15) is 9.59 Å². The molecule has 1 aliphatic heterocycles. The van der Waals surface area contributed by atoms with Crippen molar-refractivity contribution in [2.75, 3.05) is 19.8 Å². The van der Waals surface area contributed by atoms with Crippen LogP contribution in [0, 0.1) is 0 Å². The van der Waals surface area contributed by atoms with Crippen LogP contribution in [-0.4, -0.2) is 37.7 Å². The molecule has 1 N–H and O–H groups in total. The number of rotatable bonds is 6. The summed E-state index contributed by atoms with van der Waals surface area (Å²) in [5.41, 5.74) is 0. The Kier molecular flexibility index (Phi) is 6.62. The monoisotopic (exact) mass is 243 g/mol.